The third-order valence-corrected chi connectivity index (χ3v) is 9.90. The van der Waals surface area contributed by atoms with Crippen LogP contribution in [0.25, 0.3) is 5.00 Å². The monoisotopic (exact) mass is 850 g/mol. The number of aromatic nitrogens is 3. The van der Waals surface area contributed by atoms with E-state index in [-0.39, 0.29) is 12.3 Å². The largest absolute Gasteiger partial charge is 0.444 e. The van der Waals surface area contributed by atoms with Crippen molar-refractivity contribution in [3.8, 4) is 5.00 Å². The number of thiophene rings is 1. The number of fused-ring (bicyclic) bond motifs is 3. The first-order valence-electron chi connectivity index (χ1n) is 19.6. The second-order valence-electron chi connectivity index (χ2n) is 14.2. The molecule has 0 aliphatic carbocycles. The summed E-state index contributed by atoms with van der Waals surface area (Å²) in [4.78, 5) is 31.0. The van der Waals surface area contributed by atoms with Crippen molar-refractivity contribution in [2.24, 2.45) is 4.99 Å². The molecule has 322 valence electrons. The van der Waals surface area contributed by atoms with Crippen LogP contribution >= 0.6 is 22.9 Å². The van der Waals surface area contributed by atoms with E-state index in [9.17, 15) is 9.59 Å². The first-order chi connectivity index (χ1) is 27.9. The molecule has 1 atom stereocenters. The van der Waals surface area contributed by atoms with Crippen LogP contribution in [0.5, 0.6) is 0 Å². The first kappa shape index (κ1) is 47.2. The molecule has 1 aliphatic heterocycles. The number of carbonyl (C=O) groups excluding carboxylic acids is 2. The van der Waals surface area contributed by atoms with E-state index in [2.05, 4.69) is 34.7 Å². The lowest BCUT2D eigenvalue weighted by Gasteiger charge is -2.19. The molecule has 2 amide bonds. The highest BCUT2D eigenvalue weighted by Gasteiger charge is 2.32. The highest BCUT2D eigenvalue weighted by molar-refractivity contribution is 7.15. The minimum atomic E-state index is -0.535. The standard InChI is InChI=1S/C40H59ClN6O10S/c1-28-29(2)58-38-35(28)36(31-7-9-32(41)10-8-31)44-33(37-46-45-30(3)47(37)38)27-34(48)42-11-13-50-15-17-52-19-21-54-23-25-56-26-24-55-22-20-53-18-16-51-14-12-43-39(49)57-40(4,5)6/h7-10,33H,11-27H2,1-6H3,(H,42,48)(H,43,49)/t33-/m0/s1. The van der Waals surface area contributed by atoms with Gasteiger partial charge in [0.2, 0.25) is 5.91 Å². The van der Waals surface area contributed by atoms with E-state index in [1.165, 1.54) is 4.88 Å². The molecule has 0 unspecified atom stereocenters. The van der Waals surface area contributed by atoms with E-state index in [0.29, 0.717) is 116 Å². The summed E-state index contributed by atoms with van der Waals surface area (Å²) in [6.45, 7) is 18.3. The summed E-state index contributed by atoms with van der Waals surface area (Å²) in [5.74, 6) is 1.22. The van der Waals surface area contributed by atoms with E-state index in [0.717, 1.165) is 33.2 Å². The molecule has 0 fully saturated rings. The fourth-order valence-corrected chi connectivity index (χ4v) is 6.94. The van der Waals surface area contributed by atoms with Crippen molar-refractivity contribution >= 4 is 40.6 Å². The molecule has 0 spiro atoms. The Labute approximate surface area is 350 Å². The molecule has 4 rings (SSSR count). The Morgan fingerprint density at radius 2 is 1.21 bits per heavy atom. The van der Waals surface area contributed by atoms with Gasteiger partial charge in [0.15, 0.2) is 5.82 Å². The van der Waals surface area contributed by atoms with Crippen molar-refractivity contribution < 1.29 is 47.5 Å². The average Bonchev–Trinajstić information content (AvgIpc) is 3.65. The fraction of sp³-hybridized carbons (Fsp3) is 0.625. The Morgan fingerprint density at radius 1 is 0.724 bits per heavy atom. The maximum atomic E-state index is 13.1. The predicted octanol–water partition coefficient (Wildman–Crippen LogP) is 4.95. The zero-order valence-corrected chi connectivity index (χ0v) is 36.1. The van der Waals surface area contributed by atoms with Gasteiger partial charge in [-0.1, -0.05) is 23.7 Å². The van der Waals surface area contributed by atoms with Gasteiger partial charge in [0.05, 0.1) is 105 Å². The SMILES string of the molecule is Cc1sc2c(c1C)C(c1ccc(Cl)cc1)=N[C@@H](CC(=O)NCCOCCOCCOCCOCCOCCOCCOCCNC(=O)OC(C)(C)C)c1nnc(C)n1-2. The molecule has 1 aromatic carbocycles. The lowest BCUT2D eigenvalue weighted by atomic mass is 9.99. The maximum Gasteiger partial charge on any atom is 0.407 e. The smallest absolute Gasteiger partial charge is 0.407 e. The number of aliphatic imine (C=N–C) groups is 1. The summed E-state index contributed by atoms with van der Waals surface area (Å²) < 4.78 is 45.8. The second kappa shape index (κ2) is 25.2. The molecule has 58 heavy (non-hydrogen) atoms. The first-order valence-corrected chi connectivity index (χ1v) is 20.8. The highest BCUT2D eigenvalue weighted by Crippen LogP contribution is 2.39. The van der Waals surface area contributed by atoms with Crippen molar-refractivity contribution in [2.45, 2.75) is 59.6 Å². The van der Waals surface area contributed by atoms with Gasteiger partial charge < -0.3 is 48.5 Å². The van der Waals surface area contributed by atoms with Crippen molar-refractivity contribution in [3.63, 3.8) is 0 Å². The zero-order chi connectivity index (χ0) is 41.8. The number of alkyl carbamates (subject to hydrolysis) is 1. The number of benzene rings is 1. The third-order valence-electron chi connectivity index (χ3n) is 8.45. The van der Waals surface area contributed by atoms with Gasteiger partial charge in [0.1, 0.15) is 22.5 Å². The Morgan fingerprint density at radius 3 is 1.71 bits per heavy atom. The second-order valence-corrected chi connectivity index (χ2v) is 15.8. The molecule has 1 aliphatic rings. The number of nitrogens with one attached hydrogen (secondary N) is 2. The van der Waals surface area contributed by atoms with Crippen molar-refractivity contribution in [1.29, 1.82) is 0 Å². The molecular formula is C40H59ClN6O10S. The molecule has 3 heterocycles. The van der Waals surface area contributed by atoms with Gasteiger partial charge in [0.25, 0.3) is 0 Å². The topological polar surface area (TPSA) is 175 Å². The number of halogens is 1. The molecule has 2 aromatic heterocycles. The molecule has 2 N–H and O–H groups in total. The van der Waals surface area contributed by atoms with E-state index < -0.39 is 17.7 Å². The maximum absolute atomic E-state index is 13.1. The minimum Gasteiger partial charge on any atom is -0.444 e. The minimum absolute atomic E-state index is 0.109. The predicted molar refractivity (Wildman–Crippen MR) is 221 cm³/mol. The van der Waals surface area contributed by atoms with E-state index >= 15 is 0 Å². The van der Waals surface area contributed by atoms with E-state index in [4.69, 9.17) is 54.5 Å². The molecule has 3 aromatic rings. The Bertz CT molecular complexity index is 1730. The van der Waals surface area contributed by atoms with Gasteiger partial charge in [-0.25, -0.2) is 4.79 Å². The third kappa shape index (κ3) is 16.3. The molecule has 0 bridgehead atoms. The molecule has 0 radical (unpaired) electrons. The van der Waals surface area contributed by atoms with Crippen LogP contribution < -0.4 is 10.6 Å². The summed E-state index contributed by atoms with van der Waals surface area (Å²) >= 11 is 7.88. The van der Waals surface area contributed by atoms with Gasteiger partial charge in [-0.05, 0) is 59.2 Å². The average molecular weight is 851 g/mol. The van der Waals surface area contributed by atoms with Crippen molar-refractivity contribution in [3.05, 3.63) is 62.5 Å². The van der Waals surface area contributed by atoms with Crippen molar-refractivity contribution in [1.82, 2.24) is 25.4 Å². The number of nitrogens with zero attached hydrogens (tertiary/aromatic N) is 4. The van der Waals surface area contributed by atoms with Crippen LogP contribution in [0.4, 0.5) is 4.79 Å². The fourth-order valence-electron chi connectivity index (χ4n) is 5.60. The number of amides is 2. The van der Waals surface area contributed by atoms with E-state index in [1.54, 1.807) is 11.3 Å². The van der Waals surface area contributed by atoms with Crippen LogP contribution in [0.15, 0.2) is 29.3 Å². The Hall–Kier alpha value is -3.52. The Balaban J connectivity index is 0.969. The normalized spacial score (nSPS) is 13.8. The number of ether oxygens (including phenoxy) is 8. The number of aryl methyl sites for hydroxylation is 2. The number of rotatable bonds is 27. The van der Waals surface area contributed by atoms with Crippen molar-refractivity contribution in [2.75, 3.05) is 106 Å². The van der Waals surface area contributed by atoms with Gasteiger partial charge >= 0.3 is 6.09 Å². The summed E-state index contributed by atoms with van der Waals surface area (Å²) in [7, 11) is 0. The quantitative estimate of drug-likeness (QED) is 0.0991. The van der Waals surface area contributed by atoms with Crippen LogP contribution in [-0.4, -0.2) is 144 Å². The van der Waals surface area contributed by atoms with E-state index in [1.807, 2.05) is 56.5 Å². The molecule has 16 nitrogen and oxygen atoms in total. The Kier molecular flexibility index (Phi) is 20.5. The molecule has 0 saturated carbocycles. The lowest BCUT2D eigenvalue weighted by Crippen LogP contribution is -2.34. The van der Waals surface area contributed by atoms with Gasteiger partial charge in [0, 0.05) is 34.1 Å². The number of hydrogen-bond donors (Lipinski definition) is 2. The molecule has 18 heteroatoms. The van der Waals surface area contributed by atoms with Gasteiger partial charge in [-0.15, -0.1) is 21.5 Å². The summed E-state index contributed by atoms with van der Waals surface area (Å²) in [6.07, 6.45) is -0.351. The summed E-state index contributed by atoms with van der Waals surface area (Å²) in [6, 6.07) is 7.07. The lowest BCUT2D eigenvalue weighted by molar-refractivity contribution is -0.121. The van der Waals surface area contributed by atoms with Crippen LogP contribution in [0.2, 0.25) is 5.02 Å². The van der Waals surface area contributed by atoms with Gasteiger partial charge in [-0.2, -0.15) is 0 Å². The molecular weight excluding hydrogens is 792 g/mol. The summed E-state index contributed by atoms with van der Waals surface area (Å²) in [5, 5.41) is 16.0. The number of carbonyl (C=O) groups is 2. The summed E-state index contributed by atoms with van der Waals surface area (Å²) in [5.41, 5.74) is 3.37. The number of hydrogen-bond acceptors (Lipinski definition) is 14. The van der Waals surface area contributed by atoms with Gasteiger partial charge in [-0.3, -0.25) is 14.4 Å². The van der Waals surface area contributed by atoms with Crippen LogP contribution in [0, 0.1) is 20.8 Å². The van der Waals surface area contributed by atoms with Crippen LogP contribution in [0.1, 0.15) is 66.5 Å². The van der Waals surface area contributed by atoms with Crippen LogP contribution in [-0.2, 0) is 42.7 Å². The van der Waals surface area contributed by atoms with Crippen LogP contribution in [0.3, 0.4) is 0 Å². The highest BCUT2D eigenvalue weighted by atomic mass is 35.5. The zero-order valence-electron chi connectivity index (χ0n) is 34.6. The molecule has 0 saturated heterocycles.